The molecule has 5 heteroatoms. The molecule has 1 aliphatic rings. The Balaban J connectivity index is 1.41. The topological polar surface area (TPSA) is 48.1 Å². The van der Waals surface area contributed by atoms with Gasteiger partial charge in [-0.1, -0.05) is 18.2 Å². The van der Waals surface area contributed by atoms with E-state index in [2.05, 4.69) is 48.5 Å². The Bertz CT molecular complexity index is 680. The zero-order valence-electron chi connectivity index (χ0n) is 13.9. The molecule has 1 aromatic heterocycles. The summed E-state index contributed by atoms with van der Waals surface area (Å²) in [4.78, 5) is 17.6. The van der Waals surface area contributed by atoms with Crippen LogP contribution in [0.15, 0.2) is 30.5 Å². The van der Waals surface area contributed by atoms with Crippen molar-refractivity contribution >= 4 is 28.6 Å². The highest BCUT2D eigenvalue weighted by Gasteiger charge is 2.35. The molecule has 124 valence electrons. The predicted octanol–water partition coefficient (Wildman–Crippen LogP) is 3.00. The maximum Gasteiger partial charge on any atom is 0.224 e. The predicted molar refractivity (Wildman–Crippen MR) is 97.7 cm³/mol. The number of rotatable bonds is 6. The van der Waals surface area contributed by atoms with Gasteiger partial charge in [0, 0.05) is 42.4 Å². The highest BCUT2D eigenvalue weighted by molar-refractivity contribution is 8.00. The summed E-state index contributed by atoms with van der Waals surface area (Å²) in [6.45, 7) is 6.79. The monoisotopic (exact) mass is 331 g/mol. The van der Waals surface area contributed by atoms with Crippen molar-refractivity contribution in [3.05, 3.63) is 36.0 Å². The number of carbonyl (C=O) groups is 1. The number of benzene rings is 1. The minimum Gasteiger partial charge on any atom is -0.361 e. The van der Waals surface area contributed by atoms with Crippen molar-refractivity contribution in [3.63, 3.8) is 0 Å². The van der Waals surface area contributed by atoms with Gasteiger partial charge in [-0.25, -0.2) is 0 Å². The fraction of sp³-hybridized carbons (Fsp3) is 0.500. The van der Waals surface area contributed by atoms with E-state index in [-0.39, 0.29) is 10.8 Å². The van der Waals surface area contributed by atoms with E-state index >= 15 is 0 Å². The number of hydrogen-bond acceptors (Lipinski definition) is 3. The lowest BCUT2D eigenvalue weighted by Crippen LogP contribution is -2.42. The van der Waals surface area contributed by atoms with Crippen LogP contribution in [0.4, 0.5) is 0 Å². The van der Waals surface area contributed by atoms with Gasteiger partial charge in [0.1, 0.15) is 0 Å². The summed E-state index contributed by atoms with van der Waals surface area (Å²) in [7, 11) is 0. The zero-order valence-corrected chi connectivity index (χ0v) is 14.7. The van der Waals surface area contributed by atoms with Gasteiger partial charge in [0.25, 0.3) is 0 Å². The molecule has 0 atom stereocenters. The van der Waals surface area contributed by atoms with Crippen molar-refractivity contribution in [2.24, 2.45) is 0 Å². The fourth-order valence-corrected chi connectivity index (χ4v) is 4.30. The van der Waals surface area contributed by atoms with E-state index in [0.29, 0.717) is 6.42 Å². The number of amides is 1. The van der Waals surface area contributed by atoms with E-state index in [0.717, 1.165) is 31.8 Å². The second-order valence-electron chi connectivity index (χ2n) is 6.45. The molecular weight excluding hydrogens is 306 g/mol. The number of carbonyl (C=O) groups excluding carboxylic acids is 1. The molecule has 1 amide bonds. The smallest absolute Gasteiger partial charge is 0.224 e. The van der Waals surface area contributed by atoms with Crippen molar-refractivity contribution in [2.45, 2.75) is 31.6 Å². The molecule has 2 heterocycles. The molecule has 23 heavy (non-hydrogen) atoms. The average molecular weight is 331 g/mol. The molecule has 0 radical (unpaired) electrons. The summed E-state index contributed by atoms with van der Waals surface area (Å²) in [6, 6.07) is 8.37. The zero-order chi connectivity index (χ0) is 16.3. The quantitative estimate of drug-likeness (QED) is 0.800. The molecule has 0 unspecified atom stereocenters. The Labute approximate surface area is 142 Å². The highest BCUT2D eigenvalue weighted by Crippen LogP contribution is 2.34. The highest BCUT2D eigenvalue weighted by atomic mass is 32.2. The number of nitrogens with one attached hydrogen (secondary N) is 2. The summed E-state index contributed by atoms with van der Waals surface area (Å²) in [5.41, 5.74) is 2.52. The lowest BCUT2D eigenvalue weighted by Gasteiger charge is -2.30. The molecule has 1 aromatic carbocycles. The van der Waals surface area contributed by atoms with Crippen molar-refractivity contribution in [2.75, 3.05) is 25.4 Å². The third-order valence-electron chi connectivity index (χ3n) is 4.48. The molecule has 0 saturated carbocycles. The lowest BCUT2D eigenvalue weighted by molar-refractivity contribution is -0.132. The normalized spacial score (nSPS) is 17.0. The number of H-pyrrole nitrogens is 1. The summed E-state index contributed by atoms with van der Waals surface area (Å²) >= 11 is 1.86. The van der Waals surface area contributed by atoms with Gasteiger partial charge in [0.05, 0.1) is 4.87 Å². The molecule has 0 aliphatic carbocycles. The molecule has 1 fully saturated rings. The number of thioether (sulfide) groups is 1. The van der Waals surface area contributed by atoms with Crippen LogP contribution in [0.1, 0.15) is 25.8 Å². The van der Waals surface area contributed by atoms with Gasteiger partial charge < -0.3 is 15.2 Å². The van der Waals surface area contributed by atoms with Gasteiger partial charge in [-0.2, -0.15) is 0 Å². The Morgan fingerprint density at radius 1 is 1.35 bits per heavy atom. The Kier molecular flexibility index (Phi) is 4.97. The number of fused-ring (bicyclic) bond motifs is 1. The van der Waals surface area contributed by atoms with Gasteiger partial charge in [-0.15, -0.1) is 11.8 Å². The first-order chi connectivity index (χ1) is 11.1. The summed E-state index contributed by atoms with van der Waals surface area (Å²) in [5, 5.41) is 4.69. The Morgan fingerprint density at radius 3 is 2.96 bits per heavy atom. The van der Waals surface area contributed by atoms with E-state index in [1.807, 2.05) is 22.7 Å². The summed E-state index contributed by atoms with van der Waals surface area (Å²) in [6.07, 6.45) is 3.64. The van der Waals surface area contributed by atoms with Crippen LogP contribution in [0, 0.1) is 0 Å². The van der Waals surface area contributed by atoms with E-state index in [9.17, 15) is 4.79 Å². The standard InChI is InChI=1S/C18H25N3OS/c1-18(2)21(11-12-23-18)17(22)8-10-19-9-7-14-13-20-16-6-4-3-5-15(14)16/h3-6,13,19-20H,7-12H2,1-2H3. The Morgan fingerprint density at radius 2 is 2.17 bits per heavy atom. The van der Waals surface area contributed by atoms with Gasteiger partial charge in [0.2, 0.25) is 5.91 Å². The number of aromatic amines is 1. The molecule has 0 bridgehead atoms. The van der Waals surface area contributed by atoms with Crippen molar-refractivity contribution < 1.29 is 4.79 Å². The SMILES string of the molecule is CC1(C)SCCN1C(=O)CCNCCc1c[nH]c2ccccc12. The number of aromatic nitrogens is 1. The number of nitrogens with zero attached hydrogens (tertiary/aromatic N) is 1. The van der Waals surface area contributed by atoms with Gasteiger partial charge in [0.15, 0.2) is 0 Å². The first-order valence-electron chi connectivity index (χ1n) is 8.28. The van der Waals surface area contributed by atoms with Crippen molar-refractivity contribution in [1.29, 1.82) is 0 Å². The third-order valence-corrected chi connectivity index (χ3v) is 5.80. The van der Waals surface area contributed by atoms with Gasteiger partial charge >= 0.3 is 0 Å². The average Bonchev–Trinajstić information content (AvgIpc) is 3.10. The van der Waals surface area contributed by atoms with E-state index in [1.165, 1.54) is 16.5 Å². The van der Waals surface area contributed by atoms with Crippen LogP contribution in [0.5, 0.6) is 0 Å². The molecular formula is C18H25N3OS. The van der Waals surface area contributed by atoms with Crippen LogP contribution in [0.25, 0.3) is 10.9 Å². The first kappa shape index (κ1) is 16.4. The summed E-state index contributed by atoms with van der Waals surface area (Å²) < 4.78 is 0. The van der Waals surface area contributed by atoms with E-state index in [1.54, 1.807) is 0 Å². The molecule has 0 spiro atoms. The number of hydrogen-bond donors (Lipinski definition) is 2. The maximum absolute atomic E-state index is 12.3. The van der Waals surface area contributed by atoms with Crippen LogP contribution < -0.4 is 5.32 Å². The van der Waals surface area contributed by atoms with Crippen molar-refractivity contribution in [3.8, 4) is 0 Å². The first-order valence-corrected chi connectivity index (χ1v) is 9.26. The van der Waals surface area contributed by atoms with Crippen molar-refractivity contribution in [1.82, 2.24) is 15.2 Å². The molecule has 1 saturated heterocycles. The largest absolute Gasteiger partial charge is 0.361 e. The second kappa shape index (κ2) is 6.97. The summed E-state index contributed by atoms with van der Waals surface area (Å²) in [5.74, 6) is 1.31. The minimum atomic E-state index is -0.0406. The lowest BCUT2D eigenvalue weighted by atomic mass is 10.1. The van der Waals surface area contributed by atoms with Crippen LogP contribution in [0.2, 0.25) is 0 Å². The van der Waals surface area contributed by atoms with Crippen LogP contribution >= 0.6 is 11.8 Å². The number of para-hydroxylation sites is 1. The van der Waals surface area contributed by atoms with Gasteiger partial charge in [-0.05, 0) is 38.4 Å². The van der Waals surface area contributed by atoms with E-state index < -0.39 is 0 Å². The molecule has 2 aromatic rings. The van der Waals surface area contributed by atoms with Gasteiger partial charge in [-0.3, -0.25) is 4.79 Å². The van der Waals surface area contributed by atoms with Crippen LogP contribution in [-0.2, 0) is 11.2 Å². The second-order valence-corrected chi connectivity index (χ2v) is 8.15. The van der Waals surface area contributed by atoms with E-state index in [4.69, 9.17) is 0 Å². The molecule has 4 nitrogen and oxygen atoms in total. The molecule has 1 aliphatic heterocycles. The third kappa shape index (κ3) is 3.72. The molecule has 3 rings (SSSR count). The molecule has 2 N–H and O–H groups in total. The minimum absolute atomic E-state index is 0.0406. The Hall–Kier alpha value is -1.46. The van der Waals surface area contributed by atoms with Crippen LogP contribution in [-0.4, -0.2) is 46.0 Å². The van der Waals surface area contributed by atoms with Crippen LogP contribution in [0.3, 0.4) is 0 Å². The maximum atomic E-state index is 12.3. The fourth-order valence-electron chi connectivity index (χ4n) is 3.18.